The lowest BCUT2D eigenvalue weighted by molar-refractivity contribution is -0.129. The molecular formula is C16H9BrFNO2. The highest BCUT2D eigenvalue weighted by atomic mass is 79.9. The molecule has 0 saturated heterocycles. The fraction of sp³-hybridized carbons (Fsp3) is 0. The number of hydrogen-bond donors (Lipinski definition) is 0. The second-order valence-corrected chi connectivity index (χ2v) is 5.23. The van der Waals surface area contributed by atoms with Crippen molar-refractivity contribution in [2.24, 2.45) is 4.99 Å². The van der Waals surface area contributed by atoms with Gasteiger partial charge in [0.05, 0.1) is 5.56 Å². The summed E-state index contributed by atoms with van der Waals surface area (Å²) in [6.45, 7) is 0. The largest absolute Gasteiger partial charge is 0.402 e. The second-order valence-electron chi connectivity index (χ2n) is 4.37. The predicted molar refractivity (Wildman–Crippen MR) is 81.1 cm³/mol. The molecule has 1 heterocycles. The van der Waals surface area contributed by atoms with Crippen LogP contribution in [0.3, 0.4) is 0 Å². The van der Waals surface area contributed by atoms with Gasteiger partial charge in [-0.2, -0.15) is 0 Å². The van der Waals surface area contributed by atoms with Crippen molar-refractivity contribution in [3.05, 3.63) is 75.6 Å². The van der Waals surface area contributed by atoms with E-state index in [4.69, 9.17) is 4.74 Å². The number of cyclic esters (lactones) is 1. The zero-order valence-corrected chi connectivity index (χ0v) is 12.3. The standard InChI is InChI=1S/C16H9BrFNO2/c17-13-7-2-1-6-12(13)15-19-14(16(20)21-15)9-10-4-3-5-11(18)8-10/h1-9H. The molecule has 0 aromatic heterocycles. The van der Waals surface area contributed by atoms with E-state index in [0.717, 1.165) is 4.47 Å². The first kappa shape index (κ1) is 13.7. The summed E-state index contributed by atoms with van der Waals surface area (Å²) in [5.74, 6) is -0.689. The van der Waals surface area contributed by atoms with Gasteiger partial charge in [0, 0.05) is 4.47 Å². The highest BCUT2D eigenvalue weighted by molar-refractivity contribution is 9.10. The predicted octanol–water partition coefficient (Wildman–Crippen LogP) is 3.93. The zero-order chi connectivity index (χ0) is 14.8. The summed E-state index contributed by atoms with van der Waals surface area (Å²) in [6.07, 6.45) is 1.50. The van der Waals surface area contributed by atoms with Crippen LogP contribution in [0.2, 0.25) is 0 Å². The van der Waals surface area contributed by atoms with Gasteiger partial charge in [0.2, 0.25) is 5.90 Å². The molecule has 0 bridgehead atoms. The molecule has 3 rings (SSSR count). The number of ether oxygens (including phenoxy) is 1. The number of benzene rings is 2. The minimum Gasteiger partial charge on any atom is -0.402 e. The summed E-state index contributed by atoms with van der Waals surface area (Å²) >= 11 is 3.38. The summed E-state index contributed by atoms with van der Waals surface area (Å²) in [5.41, 5.74) is 1.39. The van der Waals surface area contributed by atoms with E-state index in [1.54, 1.807) is 18.2 Å². The van der Waals surface area contributed by atoms with E-state index in [9.17, 15) is 9.18 Å². The zero-order valence-electron chi connectivity index (χ0n) is 10.7. The summed E-state index contributed by atoms with van der Waals surface area (Å²) in [5, 5.41) is 0. The lowest BCUT2D eigenvalue weighted by Crippen LogP contribution is -2.05. The number of carbonyl (C=O) groups is 1. The van der Waals surface area contributed by atoms with Crippen LogP contribution in [0.25, 0.3) is 6.08 Å². The Morgan fingerprint density at radius 2 is 1.95 bits per heavy atom. The third-order valence-electron chi connectivity index (χ3n) is 2.88. The molecule has 104 valence electrons. The third-order valence-corrected chi connectivity index (χ3v) is 3.57. The van der Waals surface area contributed by atoms with Gasteiger partial charge in [0.1, 0.15) is 5.82 Å². The van der Waals surface area contributed by atoms with Crippen molar-refractivity contribution in [3.8, 4) is 0 Å². The first-order valence-corrected chi connectivity index (χ1v) is 6.96. The maximum Gasteiger partial charge on any atom is 0.363 e. The maximum atomic E-state index is 13.1. The van der Waals surface area contributed by atoms with Gasteiger partial charge in [-0.1, -0.05) is 24.3 Å². The van der Waals surface area contributed by atoms with Crippen LogP contribution in [0.1, 0.15) is 11.1 Å². The van der Waals surface area contributed by atoms with Crippen LogP contribution in [0, 0.1) is 5.82 Å². The van der Waals surface area contributed by atoms with Gasteiger partial charge >= 0.3 is 5.97 Å². The molecule has 0 unspecified atom stereocenters. The van der Waals surface area contributed by atoms with Crippen molar-refractivity contribution in [1.29, 1.82) is 0 Å². The molecule has 2 aromatic rings. The number of esters is 1. The van der Waals surface area contributed by atoms with Crippen LogP contribution >= 0.6 is 15.9 Å². The lowest BCUT2D eigenvalue weighted by Gasteiger charge is -2.01. The normalized spacial score (nSPS) is 16.0. The maximum absolute atomic E-state index is 13.1. The van der Waals surface area contributed by atoms with Crippen molar-refractivity contribution in [2.45, 2.75) is 0 Å². The molecule has 0 N–H and O–H groups in total. The van der Waals surface area contributed by atoms with E-state index in [2.05, 4.69) is 20.9 Å². The average molecular weight is 346 g/mol. The fourth-order valence-corrected chi connectivity index (χ4v) is 2.37. The molecule has 1 aliphatic rings. The molecule has 0 fully saturated rings. The molecule has 0 atom stereocenters. The Hall–Kier alpha value is -2.27. The van der Waals surface area contributed by atoms with Crippen LogP contribution in [0.15, 0.2) is 63.7 Å². The van der Waals surface area contributed by atoms with Crippen LogP contribution in [-0.4, -0.2) is 11.9 Å². The highest BCUT2D eigenvalue weighted by Crippen LogP contribution is 2.23. The minimum atomic E-state index is -0.551. The highest BCUT2D eigenvalue weighted by Gasteiger charge is 2.25. The van der Waals surface area contributed by atoms with Crippen LogP contribution in [-0.2, 0) is 9.53 Å². The van der Waals surface area contributed by atoms with Crippen LogP contribution in [0.4, 0.5) is 4.39 Å². The van der Waals surface area contributed by atoms with Crippen molar-refractivity contribution < 1.29 is 13.9 Å². The van der Waals surface area contributed by atoms with Gasteiger partial charge in [-0.25, -0.2) is 14.2 Å². The first-order valence-electron chi connectivity index (χ1n) is 6.16. The van der Waals surface area contributed by atoms with E-state index in [-0.39, 0.29) is 17.4 Å². The summed E-state index contributed by atoms with van der Waals surface area (Å²) in [7, 11) is 0. The number of halogens is 2. The van der Waals surface area contributed by atoms with Gasteiger partial charge in [-0.15, -0.1) is 0 Å². The Balaban J connectivity index is 1.98. The Kier molecular flexibility index (Phi) is 3.66. The topological polar surface area (TPSA) is 38.7 Å². The monoisotopic (exact) mass is 345 g/mol. The number of nitrogens with zero attached hydrogens (tertiary/aromatic N) is 1. The molecule has 21 heavy (non-hydrogen) atoms. The Labute approximate surface area is 128 Å². The first-order chi connectivity index (χ1) is 10.1. The van der Waals surface area contributed by atoms with E-state index in [1.807, 2.05) is 18.2 Å². The van der Waals surface area contributed by atoms with Gasteiger partial charge in [0.15, 0.2) is 5.70 Å². The molecule has 0 aliphatic carbocycles. The van der Waals surface area contributed by atoms with Crippen molar-refractivity contribution in [3.63, 3.8) is 0 Å². The van der Waals surface area contributed by atoms with Gasteiger partial charge in [-0.05, 0) is 51.8 Å². The van der Waals surface area contributed by atoms with E-state index < -0.39 is 5.97 Å². The third kappa shape index (κ3) is 2.92. The SMILES string of the molecule is O=C1OC(c2ccccc2Br)=NC1=Cc1cccc(F)c1. The van der Waals surface area contributed by atoms with Gasteiger partial charge in [-0.3, -0.25) is 0 Å². The van der Waals surface area contributed by atoms with Crippen LogP contribution < -0.4 is 0 Å². The average Bonchev–Trinajstić information content (AvgIpc) is 2.80. The number of hydrogen-bond acceptors (Lipinski definition) is 3. The summed E-state index contributed by atoms with van der Waals surface area (Å²) in [6, 6.07) is 13.2. The van der Waals surface area contributed by atoms with Gasteiger partial charge in [0.25, 0.3) is 0 Å². The molecule has 0 amide bonds. The van der Waals surface area contributed by atoms with E-state index in [0.29, 0.717) is 11.1 Å². The van der Waals surface area contributed by atoms with Crippen LogP contribution in [0.5, 0.6) is 0 Å². The van der Waals surface area contributed by atoms with E-state index in [1.165, 1.54) is 18.2 Å². The summed E-state index contributed by atoms with van der Waals surface area (Å²) < 4.78 is 19.1. The van der Waals surface area contributed by atoms with Crippen molar-refractivity contribution >= 4 is 33.9 Å². The molecule has 0 spiro atoms. The molecular weight excluding hydrogens is 337 g/mol. The quantitative estimate of drug-likeness (QED) is 0.610. The molecule has 0 radical (unpaired) electrons. The molecule has 5 heteroatoms. The Morgan fingerprint density at radius 3 is 2.71 bits per heavy atom. The van der Waals surface area contributed by atoms with Crippen molar-refractivity contribution in [2.75, 3.05) is 0 Å². The molecule has 3 nitrogen and oxygen atoms in total. The number of aliphatic imine (C=N–C) groups is 1. The van der Waals surface area contributed by atoms with Crippen molar-refractivity contribution in [1.82, 2.24) is 0 Å². The number of rotatable bonds is 2. The van der Waals surface area contributed by atoms with E-state index >= 15 is 0 Å². The molecule has 1 aliphatic heterocycles. The Bertz CT molecular complexity index is 783. The fourth-order valence-electron chi connectivity index (χ4n) is 1.91. The smallest absolute Gasteiger partial charge is 0.363 e. The lowest BCUT2D eigenvalue weighted by atomic mass is 10.2. The van der Waals surface area contributed by atoms with Gasteiger partial charge < -0.3 is 4.74 Å². The second kappa shape index (κ2) is 5.61. The number of carbonyl (C=O) groups excluding carboxylic acids is 1. The molecule has 2 aromatic carbocycles. The summed E-state index contributed by atoms with van der Waals surface area (Å²) in [4.78, 5) is 16.0. The molecule has 0 saturated carbocycles. The minimum absolute atomic E-state index is 0.145. The Morgan fingerprint density at radius 1 is 1.14 bits per heavy atom.